The highest BCUT2D eigenvalue weighted by molar-refractivity contribution is 7.09. The van der Waals surface area contributed by atoms with Gasteiger partial charge in [0.1, 0.15) is 10.8 Å². The van der Waals surface area contributed by atoms with Gasteiger partial charge in [-0.1, -0.05) is 42.5 Å². The molecule has 0 saturated heterocycles. The largest absolute Gasteiger partial charge is 0.481 e. The molecule has 0 unspecified atom stereocenters. The van der Waals surface area contributed by atoms with Crippen LogP contribution in [0.3, 0.4) is 0 Å². The first-order chi connectivity index (χ1) is 14.9. The van der Waals surface area contributed by atoms with Crippen molar-refractivity contribution in [3.63, 3.8) is 0 Å². The van der Waals surface area contributed by atoms with E-state index in [1.165, 1.54) is 17.4 Å². The van der Waals surface area contributed by atoms with Crippen molar-refractivity contribution in [1.29, 1.82) is 0 Å². The first kappa shape index (κ1) is 22.4. The summed E-state index contributed by atoms with van der Waals surface area (Å²) < 4.78 is 29.8. The van der Waals surface area contributed by atoms with Crippen LogP contribution in [-0.2, 0) is 22.6 Å². The second-order valence-corrected chi connectivity index (χ2v) is 7.65. The van der Waals surface area contributed by atoms with Gasteiger partial charge in [0.05, 0.1) is 24.6 Å². The number of alkyl halides is 2. The van der Waals surface area contributed by atoms with Gasteiger partial charge in [0.2, 0.25) is 5.91 Å². The van der Waals surface area contributed by atoms with Crippen LogP contribution in [0.4, 0.5) is 8.78 Å². The molecule has 0 bridgehead atoms. The van der Waals surface area contributed by atoms with E-state index in [-0.39, 0.29) is 24.6 Å². The number of thiazole rings is 1. The van der Waals surface area contributed by atoms with Crippen molar-refractivity contribution in [3.05, 3.63) is 70.5 Å². The van der Waals surface area contributed by atoms with Crippen LogP contribution in [0.2, 0.25) is 0 Å². The van der Waals surface area contributed by atoms with E-state index in [1.807, 2.05) is 30.3 Å². The van der Waals surface area contributed by atoms with Crippen LogP contribution in [0.1, 0.15) is 17.0 Å². The smallest absolute Gasteiger partial charge is 0.387 e. The minimum atomic E-state index is -2.95. The number of nitrogens with one attached hydrogen (secondary N) is 1. The number of amides is 1. The lowest BCUT2D eigenvalue weighted by Gasteiger charge is -2.14. The topological polar surface area (TPSA) is 88.5 Å². The molecule has 2 N–H and O–H groups in total. The molecule has 0 fully saturated rings. The van der Waals surface area contributed by atoms with E-state index in [0.29, 0.717) is 22.7 Å². The Morgan fingerprint density at radius 2 is 1.81 bits per heavy atom. The first-order valence-corrected chi connectivity index (χ1v) is 10.3. The number of carbonyl (C=O) groups is 2. The zero-order valence-electron chi connectivity index (χ0n) is 16.3. The third-order valence-electron chi connectivity index (χ3n) is 4.46. The predicted octanol–water partition coefficient (Wildman–Crippen LogP) is 4.36. The molecule has 31 heavy (non-hydrogen) atoms. The van der Waals surface area contributed by atoms with Crippen molar-refractivity contribution < 1.29 is 28.2 Å². The maximum atomic E-state index is 12.6. The quantitative estimate of drug-likeness (QED) is 0.483. The molecule has 9 heteroatoms. The fraction of sp³-hybridized carbons (Fsp3) is 0.227. The minimum Gasteiger partial charge on any atom is -0.481 e. The Labute approximate surface area is 181 Å². The lowest BCUT2D eigenvalue weighted by atomic mass is 9.95. The third kappa shape index (κ3) is 6.58. The molecule has 1 atom stereocenters. The number of hydrogen-bond donors (Lipinski definition) is 2. The maximum Gasteiger partial charge on any atom is 0.387 e. The fourth-order valence-corrected chi connectivity index (χ4v) is 3.80. The number of ether oxygens (including phenoxy) is 1. The van der Waals surface area contributed by atoms with Gasteiger partial charge in [-0.2, -0.15) is 8.78 Å². The van der Waals surface area contributed by atoms with Gasteiger partial charge < -0.3 is 15.2 Å². The Bertz CT molecular complexity index is 1030. The van der Waals surface area contributed by atoms with E-state index < -0.39 is 18.5 Å². The molecule has 3 rings (SSSR count). The van der Waals surface area contributed by atoms with Crippen molar-refractivity contribution in [2.45, 2.75) is 26.0 Å². The normalized spacial score (nSPS) is 11.8. The lowest BCUT2D eigenvalue weighted by molar-refractivity contribution is -0.141. The number of aliphatic carboxylic acids is 1. The van der Waals surface area contributed by atoms with Gasteiger partial charge in [-0.25, -0.2) is 4.98 Å². The Balaban J connectivity index is 1.66. The Morgan fingerprint density at radius 1 is 1.10 bits per heavy atom. The van der Waals surface area contributed by atoms with Crippen molar-refractivity contribution in [2.24, 2.45) is 5.92 Å². The third-order valence-corrected chi connectivity index (χ3v) is 5.31. The molecule has 3 aromatic rings. The monoisotopic (exact) mass is 446 g/mol. The summed E-state index contributed by atoms with van der Waals surface area (Å²) in [5.41, 5.74) is 1.75. The number of para-hydroxylation sites is 1. The number of halogens is 2. The molecule has 2 aromatic carbocycles. The van der Waals surface area contributed by atoms with Gasteiger partial charge in [0.25, 0.3) is 0 Å². The van der Waals surface area contributed by atoms with Crippen LogP contribution in [0.25, 0.3) is 11.3 Å². The van der Waals surface area contributed by atoms with Crippen LogP contribution in [0.15, 0.2) is 60.0 Å². The molecular weight excluding hydrogens is 426 g/mol. The Hall–Kier alpha value is -3.33. The average Bonchev–Trinajstić information content (AvgIpc) is 3.21. The van der Waals surface area contributed by atoms with Crippen LogP contribution >= 0.6 is 11.3 Å². The van der Waals surface area contributed by atoms with Gasteiger partial charge in [-0.05, 0) is 24.1 Å². The highest BCUT2D eigenvalue weighted by Crippen LogP contribution is 2.31. The molecule has 0 saturated carbocycles. The molecule has 0 aliphatic carbocycles. The van der Waals surface area contributed by atoms with E-state index in [1.54, 1.807) is 23.6 Å². The molecule has 1 amide bonds. The number of carbonyl (C=O) groups excluding carboxylic acids is 1. The Kier molecular flexibility index (Phi) is 7.66. The molecule has 162 valence electrons. The fourth-order valence-electron chi connectivity index (χ4n) is 3.07. The molecule has 0 radical (unpaired) electrons. The summed E-state index contributed by atoms with van der Waals surface area (Å²) >= 11 is 1.26. The Morgan fingerprint density at radius 3 is 2.52 bits per heavy atom. The predicted molar refractivity (Wildman–Crippen MR) is 112 cm³/mol. The average molecular weight is 446 g/mol. The summed E-state index contributed by atoms with van der Waals surface area (Å²) in [7, 11) is 0. The number of carboxylic acid groups (broad SMARTS) is 1. The van der Waals surface area contributed by atoms with Crippen LogP contribution in [-0.4, -0.2) is 28.6 Å². The molecule has 0 aliphatic heterocycles. The molecule has 6 nitrogen and oxygen atoms in total. The number of nitrogens with zero attached hydrogens (tertiary/aromatic N) is 1. The van der Waals surface area contributed by atoms with Crippen molar-refractivity contribution in [1.82, 2.24) is 10.3 Å². The van der Waals surface area contributed by atoms with Gasteiger partial charge in [0, 0.05) is 10.9 Å². The minimum absolute atomic E-state index is 0.0165. The van der Waals surface area contributed by atoms with Gasteiger partial charge in [-0.3, -0.25) is 9.59 Å². The molecule has 0 aliphatic rings. The number of benzene rings is 2. The second kappa shape index (κ2) is 10.6. The van der Waals surface area contributed by atoms with E-state index >= 15 is 0 Å². The van der Waals surface area contributed by atoms with Crippen LogP contribution in [0, 0.1) is 5.92 Å². The number of hydrogen-bond acceptors (Lipinski definition) is 5. The van der Waals surface area contributed by atoms with Gasteiger partial charge in [0.15, 0.2) is 0 Å². The lowest BCUT2D eigenvalue weighted by Crippen LogP contribution is -2.33. The highest BCUT2D eigenvalue weighted by Gasteiger charge is 2.22. The van der Waals surface area contributed by atoms with Crippen LogP contribution < -0.4 is 10.1 Å². The molecular formula is C22H20F2N2O4S. The van der Waals surface area contributed by atoms with E-state index in [2.05, 4.69) is 15.0 Å². The summed E-state index contributed by atoms with van der Waals surface area (Å²) in [5, 5.41) is 14.1. The zero-order chi connectivity index (χ0) is 22.2. The molecule has 0 spiro atoms. The van der Waals surface area contributed by atoms with E-state index in [0.717, 1.165) is 5.56 Å². The summed E-state index contributed by atoms with van der Waals surface area (Å²) in [6.45, 7) is -2.85. The van der Waals surface area contributed by atoms with Gasteiger partial charge >= 0.3 is 12.6 Å². The zero-order valence-corrected chi connectivity index (χ0v) is 17.1. The van der Waals surface area contributed by atoms with E-state index in [9.17, 15) is 18.4 Å². The molecule has 1 heterocycles. The van der Waals surface area contributed by atoms with Crippen molar-refractivity contribution >= 4 is 23.2 Å². The van der Waals surface area contributed by atoms with Crippen molar-refractivity contribution in [3.8, 4) is 17.0 Å². The number of carboxylic acids is 1. The SMILES string of the molecule is O=C(O)C[C@@H](Cc1ccccc1)C(=O)NCc1nc(-c2ccccc2OC(F)F)cs1. The first-order valence-electron chi connectivity index (χ1n) is 9.44. The summed E-state index contributed by atoms with van der Waals surface area (Å²) in [6.07, 6.45) is 0.0165. The standard InChI is InChI=1S/C22H20F2N2O4S/c23-22(24)30-18-9-5-4-8-16(18)17-13-31-19(26-17)12-25-21(29)15(11-20(27)28)10-14-6-2-1-3-7-14/h1-9,13,15,22H,10-12H2,(H,25,29)(H,27,28)/t15-/m1/s1. The summed E-state index contributed by atoms with van der Waals surface area (Å²) in [4.78, 5) is 28.2. The van der Waals surface area contributed by atoms with Crippen molar-refractivity contribution in [2.75, 3.05) is 0 Å². The molecule has 1 aromatic heterocycles. The summed E-state index contributed by atoms with van der Waals surface area (Å²) in [6, 6.07) is 15.5. The maximum absolute atomic E-state index is 12.6. The second-order valence-electron chi connectivity index (χ2n) is 6.70. The van der Waals surface area contributed by atoms with E-state index in [4.69, 9.17) is 5.11 Å². The summed E-state index contributed by atoms with van der Waals surface area (Å²) in [5.74, 6) is -2.14. The van der Waals surface area contributed by atoms with Crippen LogP contribution in [0.5, 0.6) is 5.75 Å². The van der Waals surface area contributed by atoms with Gasteiger partial charge in [-0.15, -0.1) is 11.3 Å². The highest BCUT2D eigenvalue weighted by atomic mass is 32.1. The number of aromatic nitrogens is 1. The number of rotatable bonds is 10.